The molecule has 0 aliphatic carbocycles. The van der Waals surface area contributed by atoms with Gasteiger partial charge in [0.25, 0.3) is 0 Å². The highest BCUT2D eigenvalue weighted by atomic mass is 32.1. The summed E-state index contributed by atoms with van der Waals surface area (Å²) in [5, 5.41) is 7.07. The third-order valence-corrected chi connectivity index (χ3v) is 11.5. The average Bonchev–Trinajstić information content (AvgIpc) is 3.90. The van der Waals surface area contributed by atoms with Gasteiger partial charge >= 0.3 is 0 Å². The first-order valence-corrected chi connectivity index (χ1v) is 18.3. The summed E-state index contributed by atoms with van der Waals surface area (Å²) in [5.74, 6) is 0. The number of hydrogen-bond acceptors (Lipinski definition) is 4. The molecule has 0 saturated carbocycles. The molecule has 0 aliphatic rings. The SMILES string of the molecule is c1cc(-c2cccc3c2oc2ccccc23)cc(N(c2ccc(-c3cccc4c3oc3ccccc34)cc2)c2cccc3c2sc2ccccc23)c1. The Kier molecular flexibility index (Phi) is 6.42. The van der Waals surface area contributed by atoms with E-state index >= 15 is 0 Å². The Balaban J connectivity index is 1.10. The summed E-state index contributed by atoms with van der Waals surface area (Å²) in [5.41, 5.74) is 11.3. The van der Waals surface area contributed by atoms with Gasteiger partial charge in [-0.15, -0.1) is 11.3 Å². The predicted octanol–water partition coefficient (Wildman–Crippen LogP) is 14.7. The fourth-order valence-electron chi connectivity index (χ4n) is 7.89. The molecule has 0 saturated heterocycles. The Labute approximate surface area is 303 Å². The monoisotopic (exact) mass is 683 g/mol. The van der Waals surface area contributed by atoms with Crippen LogP contribution < -0.4 is 4.90 Å². The van der Waals surface area contributed by atoms with Crippen LogP contribution in [0.3, 0.4) is 0 Å². The number of anilines is 3. The number of fused-ring (bicyclic) bond motifs is 9. The summed E-state index contributed by atoms with van der Waals surface area (Å²) in [4.78, 5) is 2.39. The van der Waals surface area contributed by atoms with Gasteiger partial charge in [-0.1, -0.05) is 127 Å². The van der Waals surface area contributed by atoms with Gasteiger partial charge in [-0.05, 0) is 59.7 Å². The largest absolute Gasteiger partial charge is 0.455 e. The third-order valence-electron chi connectivity index (χ3n) is 10.3. The standard InChI is InChI=1S/C48H29NO2S/c1-4-22-43-36(13-1)39-18-8-16-34(46(39)50-43)30-25-27-32(28-26-30)49(42-21-10-20-41-38-15-3-6-24-45(38)52-48(41)42)33-12-7-11-31(29-33)35-17-9-19-40-37-14-2-5-23-44(37)51-47(35)40/h1-29H. The summed E-state index contributed by atoms with van der Waals surface area (Å²) < 4.78 is 15.4. The fourth-order valence-corrected chi connectivity index (χ4v) is 9.09. The number of thiophene rings is 1. The average molecular weight is 684 g/mol. The van der Waals surface area contributed by atoms with Crippen molar-refractivity contribution < 1.29 is 8.83 Å². The van der Waals surface area contributed by atoms with Gasteiger partial charge in [0.15, 0.2) is 0 Å². The van der Waals surface area contributed by atoms with Crippen molar-refractivity contribution in [2.45, 2.75) is 0 Å². The lowest BCUT2D eigenvalue weighted by molar-refractivity contribution is 0.669. The molecule has 0 fully saturated rings. The van der Waals surface area contributed by atoms with Crippen LogP contribution in [-0.2, 0) is 0 Å². The molecule has 244 valence electrons. The van der Waals surface area contributed by atoms with Gasteiger partial charge < -0.3 is 13.7 Å². The van der Waals surface area contributed by atoms with E-state index in [1.54, 1.807) is 0 Å². The smallest absolute Gasteiger partial charge is 0.143 e. The maximum absolute atomic E-state index is 6.48. The minimum atomic E-state index is 0.901. The molecule has 0 bridgehead atoms. The quantitative estimate of drug-likeness (QED) is 0.181. The predicted molar refractivity (Wildman–Crippen MR) is 219 cm³/mol. The molecule has 3 aromatic heterocycles. The summed E-state index contributed by atoms with van der Waals surface area (Å²) in [6.07, 6.45) is 0. The Bertz CT molecular complexity index is 3150. The van der Waals surface area contributed by atoms with Crippen molar-refractivity contribution in [3.8, 4) is 22.3 Å². The Morgan fingerprint density at radius 3 is 1.65 bits per heavy atom. The zero-order valence-electron chi connectivity index (χ0n) is 27.9. The van der Waals surface area contributed by atoms with E-state index in [0.29, 0.717) is 0 Å². The molecule has 0 amide bonds. The van der Waals surface area contributed by atoms with E-state index in [0.717, 1.165) is 83.2 Å². The Morgan fingerprint density at radius 1 is 0.385 bits per heavy atom. The van der Waals surface area contributed by atoms with Crippen molar-refractivity contribution >= 4 is 92.4 Å². The number of para-hydroxylation sites is 4. The van der Waals surface area contributed by atoms with Crippen LogP contribution in [0.4, 0.5) is 17.1 Å². The van der Waals surface area contributed by atoms with E-state index in [1.165, 1.54) is 20.2 Å². The molecule has 11 rings (SSSR count). The molecule has 4 heteroatoms. The molecule has 0 unspecified atom stereocenters. The summed E-state index contributed by atoms with van der Waals surface area (Å²) >= 11 is 1.85. The number of nitrogens with zero attached hydrogens (tertiary/aromatic N) is 1. The van der Waals surface area contributed by atoms with Gasteiger partial charge in [0.2, 0.25) is 0 Å². The molecular weight excluding hydrogens is 655 g/mol. The van der Waals surface area contributed by atoms with Crippen LogP contribution in [0.5, 0.6) is 0 Å². The van der Waals surface area contributed by atoms with Gasteiger partial charge in [-0.25, -0.2) is 0 Å². The van der Waals surface area contributed by atoms with E-state index in [4.69, 9.17) is 8.83 Å². The molecule has 11 aromatic rings. The molecule has 52 heavy (non-hydrogen) atoms. The molecule has 3 heterocycles. The van der Waals surface area contributed by atoms with E-state index in [-0.39, 0.29) is 0 Å². The lowest BCUT2D eigenvalue weighted by Gasteiger charge is -2.27. The maximum Gasteiger partial charge on any atom is 0.143 e. The zero-order valence-corrected chi connectivity index (χ0v) is 28.7. The van der Waals surface area contributed by atoms with Gasteiger partial charge in [-0.2, -0.15) is 0 Å². The number of rotatable bonds is 5. The second-order valence-electron chi connectivity index (χ2n) is 13.2. The molecule has 0 radical (unpaired) electrons. The van der Waals surface area contributed by atoms with Crippen molar-refractivity contribution in [3.63, 3.8) is 0 Å². The first-order valence-electron chi connectivity index (χ1n) is 17.5. The first kappa shape index (κ1) is 29.1. The van der Waals surface area contributed by atoms with Crippen molar-refractivity contribution in [1.82, 2.24) is 0 Å². The van der Waals surface area contributed by atoms with Crippen molar-refractivity contribution in [2.75, 3.05) is 4.90 Å². The van der Waals surface area contributed by atoms with E-state index in [1.807, 2.05) is 35.6 Å². The maximum atomic E-state index is 6.48. The van der Waals surface area contributed by atoms with E-state index in [2.05, 4.69) is 157 Å². The first-order chi connectivity index (χ1) is 25.8. The number of hydrogen-bond donors (Lipinski definition) is 0. The lowest BCUT2D eigenvalue weighted by Crippen LogP contribution is -2.10. The normalized spacial score (nSPS) is 11.8. The highest BCUT2D eigenvalue weighted by Gasteiger charge is 2.20. The van der Waals surface area contributed by atoms with Gasteiger partial charge in [0.05, 0.1) is 10.4 Å². The van der Waals surface area contributed by atoms with Crippen LogP contribution in [0.15, 0.2) is 185 Å². The second kappa shape index (κ2) is 11.5. The topological polar surface area (TPSA) is 29.5 Å². The van der Waals surface area contributed by atoms with Crippen LogP contribution in [0.1, 0.15) is 0 Å². The van der Waals surface area contributed by atoms with Crippen molar-refractivity contribution in [3.05, 3.63) is 176 Å². The highest BCUT2D eigenvalue weighted by Crippen LogP contribution is 2.46. The Hall–Kier alpha value is -6.62. The molecule has 0 aliphatic heterocycles. The van der Waals surface area contributed by atoms with Crippen LogP contribution in [0.25, 0.3) is 86.3 Å². The molecule has 3 nitrogen and oxygen atoms in total. The lowest BCUT2D eigenvalue weighted by atomic mass is 10.0. The van der Waals surface area contributed by atoms with Crippen molar-refractivity contribution in [1.29, 1.82) is 0 Å². The Morgan fingerprint density at radius 2 is 0.942 bits per heavy atom. The summed E-state index contributed by atoms with van der Waals surface area (Å²) in [6.45, 7) is 0. The van der Waals surface area contributed by atoms with Crippen LogP contribution in [0, 0.1) is 0 Å². The molecular formula is C48H29NO2S. The third kappa shape index (κ3) is 4.45. The second-order valence-corrected chi connectivity index (χ2v) is 14.3. The number of furan rings is 2. The van der Waals surface area contributed by atoms with Crippen LogP contribution in [-0.4, -0.2) is 0 Å². The zero-order chi connectivity index (χ0) is 34.2. The summed E-state index contributed by atoms with van der Waals surface area (Å²) in [6, 6.07) is 62.5. The van der Waals surface area contributed by atoms with E-state index in [9.17, 15) is 0 Å². The van der Waals surface area contributed by atoms with Gasteiger partial charge in [0.1, 0.15) is 22.3 Å². The van der Waals surface area contributed by atoms with E-state index < -0.39 is 0 Å². The molecule has 0 atom stereocenters. The summed E-state index contributed by atoms with van der Waals surface area (Å²) in [7, 11) is 0. The minimum absolute atomic E-state index is 0.901. The number of benzene rings is 8. The van der Waals surface area contributed by atoms with Gasteiger partial charge in [-0.3, -0.25) is 0 Å². The van der Waals surface area contributed by atoms with Gasteiger partial charge in [0, 0.05) is 59.5 Å². The van der Waals surface area contributed by atoms with Crippen LogP contribution in [0.2, 0.25) is 0 Å². The highest BCUT2D eigenvalue weighted by molar-refractivity contribution is 7.26. The fraction of sp³-hybridized carbons (Fsp3) is 0. The minimum Gasteiger partial charge on any atom is -0.455 e. The molecule has 0 N–H and O–H groups in total. The van der Waals surface area contributed by atoms with Crippen molar-refractivity contribution in [2.24, 2.45) is 0 Å². The van der Waals surface area contributed by atoms with Crippen LogP contribution >= 0.6 is 11.3 Å². The molecule has 0 spiro atoms. The molecule has 8 aromatic carbocycles.